The molecule has 0 bridgehead atoms. The van der Waals surface area contributed by atoms with Gasteiger partial charge in [0.15, 0.2) is 11.6 Å². The SMILES string of the molecule is COC1(OC)[C@]2(c3ccccc3)[C@H]3CCC[C@H]3[C@]12c1cccc(C(=O)c2ccccc2)c1. The Balaban J connectivity index is 1.54. The van der Waals surface area contributed by atoms with Crippen LogP contribution in [0.5, 0.6) is 0 Å². The summed E-state index contributed by atoms with van der Waals surface area (Å²) >= 11 is 0. The molecule has 3 aliphatic rings. The molecule has 0 heterocycles. The van der Waals surface area contributed by atoms with Gasteiger partial charge in [-0.3, -0.25) is 4.79 Å². The molecule has 0 spiro atoms. The molecule has 3 saturated carbocycles. The first-order valence-corrected chi connectivity index (χ1v) is 11.5. The van der Waals surface area contributed by atoms with Crippen LogP contribution in [0.4, 0.5) is 0 Å². The second kappa shape index (κ2) is 6.87. The van der Waals surface area contributed by atoms with Gasteiger partial charge in [-0.25, -0.2) is 0 Å². The molecule has 0 aliphatic heterocycles. The van der Waals surface area contributed by atoms with Gasteiger partial charge in [-0.2, -0.15) is 0 Å². The molecule has 0 saturated heterocycles. The minimum Gasteiger partial charge on any atom is -0.351 e. The van der Waals surface area contributed by atoms with Crippen molar-refractivity contribution in [1.82, 2.24) is 0 Å². The first-order valence-electron chi connectivity index (χ1n) is 11.5. The zero-order chi connectivity index (χ0) is 22.0. The second-order valence-electron chi connectivity index (χ2n) is 9.43. The van der Waals surface area contributed by atoms with Gasteiger partial charge in [0.1, 0.15) is 0 Å². The van der Waals surface area contributed by atoms with Crippen LogP contribution in [0.1, 0.15) is 46.3 Å². The second-order valence-corrected chi connectivity index (χ2v) is 9.43. The summed E-state index contributed by atoms with van der Waals surface area (Å²) in [7, 11) is 3.56. The summed E-state index contributed by atoms with van der Waals surface area (Å²) in [5.41, 5.74) is 3.38. The fraction of sp³-hybridized carbons (Fsp3) is 0.345. The lowest BCUT2D eigenvalue weighted by Crippen LogP contribution is -2.49. The zero-order valence-corrected chi connectivity index (χ0v) is 18.6. The van der Waals surface area contributed by atoms with E-state index in [1.807, 2.05) is 42.5 Å². The molecule has 32 heavy (non-hydrogen) atoms. The number of rotatable bonds is 6. The first kappa shape index (κ1) is 19.9. The lowest BCUT2D eigenvalue weighted by Gasteiger charge is -2.46. The topological polar surface area (TPSA) is 35.5 Å². The van der Waals surface area contributed by atoms with Crippen LogP contribution < -0.4 is 0 Å². The summed E-state index contributed by atoms with van der Waals surface area (Å²) in [6, 6.07) is 28.5. The molecule has 3 nitrogen and oxygen atoms in total. The standard InChI is InChI=1S/C29H28O3/c1-31-29(32-2)27(22-14-7-4-8-15-22)24-17-10-18-25(24)28(27,29)23-16-9-13-21(19-23)26(30)20-11-5-3-6-12-20/h3-9,11-16,19,24-25H,10,17-18H2,1-2H3/t24-,25+,27+,28-/m0/s1. The highest BCUT2D eigenvalue weighted by molar-refractivity contribution is 6.09. The predicted molar refractivity (Wildman–Crippen MR) is 124 cm³/mol. The van der Waals surface area contributed by atoms with Gasteiger partial charge in [0, 0.05) is 25.3 Å². The third-order valence-corrected chi connectivity index (χ3v) is 8.65. The van der Waals surface area contributed by atoms with Gasteiger partial charge in [-0.05, 0) is 41.9 Å². The number of ketones is 1. The molecule has 3 heteroatoms. The minimum atomic E-state index is -0.717. The number of fused-ring (bicyclic) bond motifs is 4. The molecule has 3 aliphatic carbocycles. The molecule has 162 valence electrons. The van der Waals surface area contributed by atoms with Crippen molar-refractivity contribution in [3.63, 3.8) is 0 Å². The first-order chi connectivity index (χ1) is 15.7. The minimum absolute atomic E-state index is 0.0533. The Labute approximate surface area is 189 Å². The molecule has 3 aromatic rings. The number of hydrogen-bond acceptors (Lipinski definition) is 3. The smallest absolute Gasteiger partial charge is 0.193 e. The third kappa shape index (κ3) is 2.03. The summed E-state index contributed by atoms with van der Waals surface area (Å²) in [5, 5.41) is 0. The molecule has 6 rings (SSSR count). The fourth-order valence-corrected chi connectivity index (χ4v) is 7.88. The molecular weight excluding hydrogens is 396 g/mol. The van der Waals surface area contributed by atoms with E-state index in [9.17, 15) is 4.79 Å². The van der Waals surface area contributed by atoms with E-state index < -0.39 is 5.79 Å². The molecule has 0 radical (unpaired) electrons. The lowest BCUT2D eigenvalue weighted by molar-refractivity contribution is -0.152. The van der Waals surface area contributed by atoms with Crippen LogP contribution in [0.3, 0.4) is 0 Å². The Hall–Kier alpha value is -2.75. The summed E-state index contributed by atoms with van der Waals surface area (Å²) in [6.07, 6.45) is 3.60. The number of benzene rings is 3. The van der Waals surface area contributed by atoms with Gasteiger partial charge in [0.2, 0.25) is 0 Å². The monoisotopic (exact) mass is 424 g/mol. The maximum Gasteiger partial charge on any atom is 0.193 e. The van der Waals surface area contributed by atoms with Crippen LogP contribution in [-0.4, -0.2) is 25.8 Å². The van der Waals surface area contributed by atoms with Gasteiger partial charge in [0.05, 0.1) is 10.8 Å². The predicted octanol–water partition coefficient (Wildman–Crippen LogP) is 5.53. The molecule has 4 atom stereocenters. The average molecular weight is 425 g/mol. The molecular formula is C29H28O3. The summed E-state index contributed by atoms with van der Waals surface area (Å²) in [4.78, 5) is 13.3. The van der Waals surface area contributed by atoms with Gasteiger partial charge in [-0.15, -0.1) is 0 Å². The van der Waals surface area contributed by atoms with Gasteiger partial charge >= 0.3 is 0 Å². The largest absolute Gasteiger partial charge is 0.351 e. The Bertz CT molecular complexity index is 1170. The van der Waals surface area contributed by atoms with E-state index >= 15 is 0 Å². The van der Waals surface area contributed by atoms with E-state index in [0.717, 1.165) is 11.1 Å². The van der Waals surface area contributed by atoms with E-state index in [1.165, 1.54) is 24.8 Å². The van der Waals surface area contributed by atoms with Crippen molar-refractivity contribution in [2.75, 3.05) is 14.2 Å². The molecule has 3 aromatic carbocycles. The van der Waals surface area contributed by atoms with Crippen molar-refractivity contribution in [3.8, 4) is 0 Å². The molecule has 0 amide bonds. The van der Waals surface area contributed by atoms with Crippen molar-refractivity contribution < 1.29 is 14.3 Å². The summed E-state index contributed by atoms with van der Waals surface area (Å²) in [5.74, 6) is 0.353. The number of carbonyl (C=O) groups excluding carboxylic acids is 1. The third-order valence-electron chi connectivity index (χ3n) is 8.65. The Morgan fingerprint density at radius 2 is 1.25 bits per heavy atom. The average Bonchev–Trinajstić information content (AvgIpc) is 3.04. The fourth-order valence-electron chi connectivity index (χ4n) is 7.88. The Morgan fingerprint density at radius 3 is 1.88 bits per heavy atom. The van der Waals surface area contributed by atoms with Gasteiger partial charge < -0.3 is 9.47 Å². The van der Waals surface area contributed by atoms with E-state index in [4.69, 9.17) is 9.47 Å². The van der Waals surface area contributed by atoms with E-state index in [-0.39, 0.29) is 16.6 Å². The Morgan fingerprint density at radius 1 is 0.719 bits per heavy atom. The van der Waals surface area contributed by atoms with Crippen LogP contribution in [0, 0.1) is 11.8 Å². The molecule has 0 N–H and O–H groups in total. The number of hydrogen-bond donors (Lipinski definition) is 0. The van der Waals surface area contributed by atoms with E-state index in [2.05, 4.69) is 42.5 Å². The van der Waals surface area contributed by atoms with E-state index in [1.54, 1.807) is 14.2 Å². The molecule has 3 fully saturated rings. The van der Waals surface area contributed by atoms with Crippen LogP contribution in [0.15, 0.2) is 84.9 Å². The van der Waals surface area contributed by atoms with Crippen LogP contribution in [-0.2, 0) is 20.3 Å². The van der Waals surface area contributed by atoms with E-state index in [0.29, 0.717) is 17.4 Å². The van der Waals surface area contributed by atoms with Crippen molar-refractivity contribution in [3.05, 3.63) is 107 Å². The van der Waals surface area contributed by atoms with Crippen LogP contribution >= 0.6 is 0 Å². The summed E-state index contributed by atoms with van der Waals surface area (Å²) in [6.45, 7) is 0. The highest BCUT2D eigenvalue weighted by Crippen LogP contribution is 2.92. The quantitative estimate of drug-likeness (QED) is 0.386. The van der Waals surface area contributed by atoms with Crippen molar-refractivity contribution in [2.45, 2.75) is 35.9 Å². The number of carbonyl (C=O) groups is 1. The van der Waals surface area contributed by atoms with Crippen LogP contribution in [0.2, 0.25) is 0 Å². The number of ether oxygens (including phenoxy) is 2. The zero-order valence-electron chi connectivity index (χ0n) is 18.6. The number of methoxy groups -OCH3 is 2. The van der Waals surface area contributed by atoms with Crippen molar-refractivity contribution in [2.24, 2.45) is 11.8 Å². The normalized spacial score (nSPS) is 31.3. The van der Waals surface area contributed by atoms with Gasteiger partial charge in [-0.1, -0.05) is 85.3 Å². The highest BCUT2D eigenvalue weighted by Gasteiger charge is 3.01. The van der Waals surface area contributed by atoms with Crippen molar-refractivity contribution >= 4 is 5.78 Å². The lowest BCUT2D eigenvalue weighted by atomic mass is 9.54. The highest BCUT2D eigenvalue weighted by atomic mass is 16.7. The van der Waals surface area contributed by atoms with Gasteiger partial charge in [0.25, 0.3) is 0 Å². The maximum absolute atomic E-state index is 13.3. The van der Waals surface area contributed by atoms with Crippen molar-refractivity contribution in [1.29, 1.82) is 0 Å². The Kier molecular flexibility index (Phi) is 4.27. The summed E-state index contributed by atoms with van der Waals surface area (Å²) < 4.78 is 12.6. The molecule has 0 aromatic heterocycles. The molecule has 0 unspecified atom stereocenters. The van der Waals surface area contributed by atoms with Crippen LogP contribution in [0.25, 0.3) is 0 Å². The maximum atomic E-state index is 13.3.